The van der Waals surface area contributed by atoms with E-state index in [4.69, 9.17) is 0 Å². The van der Waals surface area contributed by atoms with Gasteiger partial charge in [-0.25, -0.2) is 0 Å². The number of carbonyl (C=O) groups excluding carboxylic acids is 3. The first-order valence-electron chi connectivity index (χ1n) is 8.87. The molecule has 0 atom stereocenters. The lowest BCUT2D eigenvalue weighted by Crippen LogP contribution is -2.31. The summed E-state index contributed by atoms with van der Waals surface area (Å²) in [5, 5.41) is 5.04. The number of benzene rings is 3. The maximum Gasteiger partial charge on any atom is 0.261 e. The van der Waals surface area contributed by atoms with Crippen LogP contribution in [-0.2, 0) is 4.79 Å². The molecule has 3 amide bonds. The van der Waals surface area contributed by atoms with Crippen molar-refractivity contribution in [3.63, 3.8) is 0 Å². The Morgan fingerprint density at radius 2 is 1.44 bits per heavy atom. The second-order valence-electron chi connectivity index (χ2n) is 6.52. The van der Waals surface area contributed by atoms with Crippen LogP contribution in [0.15, 0.2) is 66.7 Å². The summed E-state index contributed by atoms with van der Waals surface area (Å²) in [6.07, 6.45) is 0.658. The summed E-state index contributed by atoms with van der Waals surface area (Å²) >= 11 is 0. The lowest BCUT2D eigenvalue weighted by Gasteiger charge is -2.13. The van der Waals surface area contributed by atoms with E-state index in [1.54, 1.807) is 24.3 Å². The fourth-order valence-electron chi connectivity index (χ4n) is 3.33. The van der Waals surface area contributed by atoms with Gasteiger partial charge in [0.25, 0.3) is 11.8 Å². The van der Waals surface area contributed by atoms with Gasteiger partial charge in [-0.05, 0) is 41.5 Å². The molecule has 0 bridgehead atoms. The summed E-state index contributed by atoms with van der Waals surface area (Å²) in [6, 6.07) is 20.5. The van der Waals surface area contributed by atoms with Gasteiger partial charge in [0.15, 0.2) is 0 Å². The van der Waals surface area contributed by atoms with Crippen molar-refractivity contribution < 1.29 is 14.4 Å². The molecule has 0 saturated heterocycles. The van der Waals surface area contributed by atoms with E-state index >= 15 is 0 Å². The maximum absolute atomic E-state index is 12.3. The molecule has 3 aromatic rings. The molecule has 4 rings (SSSR count). The largest absolute Gasteiger partial charge is 0.326 e. The van der Waals surface area contributed by atoms with Gasteiger partial charge in [-0.15, -0.1) is 0 Å². The summed E-state index contributed by atoms with van der Waals surface area (Å²) in [5.41, 5.74) is 1.60. The maximum atomic E-state index is 12.3. The monoisotopic (exact) mass is 358 g/mol. The summed E-state index contributed by atoms with van der Waals surface area (Å²) in [4.78, 5) is 38.0. The number of nitrogens with one attached hydrogen (secondary N) is 1. The number of amides is 3. The van der Waals surface area contributed by atoms with Crippen LogP contribution in [0, 0.1) is 0 Å². The molecule has 0 fully saturated rings. The Hall–Kier alpha value is -3.47. The van der Waals surface area contributed by atoms with Crippen molar-refractivity contribution in [2.45, 2.75) is 12.8 Å². The van der Waals surface area contributed by atoms with Gasteiger partial charge in [-0.1, -0.05) is 42.5 Å². The first kappa shape index (κ1) is 17.0. The second-order valence-corrected chi connectivity index (χ2v) is 6.52. The number of nitrogens with zero attached hydrogens (tertiary/aromatic N) is 1. The molecule has 5 nitrogen and oxygen atoms in total. The Kier molecular flexibility index (Phi) is 4.42. The van der Waals surface area contributed by atoms with Crippen molar-refractivity contribution in [3.05, 3.63) is 77.9 Å². The third-order valence-electron chi connectivity index (χ3n) is 4.70. The molecular formula is C22H18N2O3. The average Bonchev–Trinajstić information content (AvgIpc) is 2.93. The van der Waals surface area contributed by atoms with Crippen LogP contribution in [0.2, 0.25) is 0 Å². The van der Waals surface area contributed by atoms with E-state index in [0.29, 0.717) is 17.5 Å². The van der Waals surface area contributed by atoms with Gasteiger partial charge in [0.1, 0.15) is 0 Å². The molecular weight excluding hydrogens is 340 g/mol. The van der Waals surface area contributed by atoms with Crippen LogP contribution in [0.3, 0.4) is 0 Å². The molecule has 1 N–H and O–H groups in total. The molecule has 27 heavy (non-hydrogen) atoms. The molecule has 1 heterocycles. The van der Waals surface area contributed by atoms with E-state index in [2.05, 4.69) is 5.32 Å². The van der Waals surface area contributed by atoms with Gasteiger partial charge in [0.05, 0.1) is 11.1 Å². The van der Waals surface area contributed by atoms with E-state index < -0.39 is 0 Å². The van der Waals surface area contributed by atoms with Gasteiger partial charge >= 0.3 is 0 Å². The van der Waals surface area contributed by atoms with E-state index in [0.717, 1.165) is 16.5 Å². The van der Waals surface area contributed by atoms with Crippen molar-refractivity contribution in [1.29, 1.82) is 0 Å². The van der Waals surface area contributed by atoms with Crippen LogP contribution in [-0.4, -0.2) is 29.2 Å². The topological polar surface area (TPSA) is 66.5 Å². The number of carbonyl (C=O) groups is 3. The van der Waals surface area contributed by atoms with Gasteiger partial charge in [0, 0.05) is 18.7 Å². The zero-order valence-electron chi connectivity index (χ0n) is 14.6. The molecule has 1 aliphatic rings. The van der Waals surface area contributed by atoms with Crippen LogP contribution in [0.5, 0.6) is 0 Å². The molecule has 5 heteroatoms. The highest BCUT2D eigenvalue weighted by molar-refractivity contribution is 6.21. The van der Waals surface area contributed by atoms with E-state index in [9.17, 15) is 14.4 Å². The standard InChI is InChI=1S/C22H18N2O3/c25-20(23-17-12-11-15-6-1-2-7-16(15)14-17)10-5-13-24-21(26)18-8-3-4-9-19(18)22(24)27/h1-4,6-9,11-12,14H,5,10,13H2,(H,23,25). The minimum atomic E-state index is -0.287. The van der Waals surface area contributed by atoms with Gasteiger partial charge in [-0.2, -0.15) is 0 Å². The fraction of sp³-hybridized carbons (Fsp3) is 0.136. The zero-order chi connectivity index (χ0) is 18.8. The van der Waals surface area contributed by atoms with Crippen LogP contribution in [0.4, 0.5) is 5.69 Å². The molecule has 0 radical (unpaired) electrons. The predicted molar refractivity (Wildman–Crippen MR) is 104 cm³/mol. The number of hydrogen-bond donors (Lipinski definition) is 1. The quantitative estimate of drug-likeness (QED) is 0.705. The molecule has 3 aromatic carbocycles. The highest BCUT2D eigenvalue weighted by atomic mass is 16.2. The van der Waals surface area contributed by atoms with E-state index in [1.807, 2.05) is 42.5 Å². The normalized spacial score (nSPS) is 13.1. The van der Waals surface area contributed by atoms with Gasteiger partial charge in [-0.3, -0.25) is 19.3 Å². The smallest absolute Gasteiger partial charge is 0.261 e. The summed E-state index contributed by atoms with van der Waals surface area (Å²) in [5.74, 6) is -0.710. The Morgan fingerprint density at radius 1 is 0.815 bits per heavy atom. The fourth-order valence-corrected chi connectivity index (χ4v) is 3.33. The van der Waals surface area contributed by atoms with Crippen LogP contribution in [0.25, 0.3) is 10.8 Å². The summed E-state index contributed by atoms with van der Waals surface area (Å²) in [7, 11) is 0. The summed E-state index contributed by atoms with van der Waals surface area (Å²) < 4.78 is 0. The van der Waals surface area contributed by atoms with Crippen molar-refractivity contribution in [2.24, 2.45) is 0 Å². The lowest BCUT2D eigenvalue weighted by molar-refractivity contribution is -0.116. The number of hydrogen-bond acceptors (Lipinski definition) is 3. The molecule has 134 valence electrons. The highest BCUT2D eigenvalue weighted by Crippen LogP contribution is 2.23. The Morgan fingerprint density at radius 3 is 2.15 bits per heavy atom. The number of imide groups is 1. The molecule has 0 spiro atoms. The molecule has 0 unspecified atom stereocenters. The molecule has 0 saturated carbocycles. The minimum Gasteiger partial charge on any atom is -0.326 e. The van der Waals surface area contributed by atoms with Crippen molar-refractivity contribution in [3.8, 4) is 0 Å². The Bertz CT molecular complexity index is 1020. The SMILES string of the molecule is O=C(CCCN1C(=O)c2ccccc2C1=O)Nc1ccc2ccccc2c1. The zero-order valence-corrected chi connectivity index (χ0v) is 14.6. The van der Waals surface area contributed by atoms with Crippen molar-refractivity contribution in [2.75, 3.05) is 11.9 Å². The first-order valence-corrected chi connectivity index (χ1v) is 8.87. The van der Waals surface area contributed by atoms with Crippen LogP contribution >= 0.6 is 0 Å². The van der Waals surface area contributed by atoms with Crippen molar-refractivity contribution >= 4 is 34.2 Å². The molecule has 0 aliphatic carbocycles. The van der Waals surface area contributed by atoms with E-state index in [1.165, 1.54) is 4.90 Å². The predicted octanol–water partition coefficient (Wildman–Crippen LogP) is 3.85. The van der Waals surface area contributed by atoms with Gasteiger partial charge in [0.2, 0.25) is 5.91 Å². The van der Waals surface area contributed by atoms with Crippen molar-refractivity contribution in [1.82, 2.24) is 4.90 Å². The second kappa shape index (κ2) is 7.03. The lowest BCUT2D eigenvalue weighted by atomic mass is 10.1. The number of fused-ring (bicyclic) bond motifs is 2. The third-order valence-corrected chi connectivity index (χ3v) is 4.70. The van der Waals surface area contributed by atoms with Gasteiger partial charge < -0.3 is 5.32 Å². The van der Waals surface area contributed by atoms with Crippen LogP contribution in [0.1, 0.15) is 33.6 Å². The first-order chi connectivity index (χ1) is 13.1. The van der Waals surface area contributed by atoms with E-state index in [-0.39, 0.29) is 30.7 Å². The molecule has 1 aliphatic heterocycles. The highest BCUT2D eigenvalue weighted by Gasteiger charge is 2.34. The summed E-state index contributed by atoms with van der Waals surface area (Å²) in [6.45, 7) is 0.234. The number of anilines is 1. The third kappa shape index (κ3) is 3.31. The number of rotatable bonds is 5. The Balaban J connectivity index is 1.33. The Labute approximate surface area is 156 Å². The minimum absolute atomic E-state index is 0.137. The molecule has 0 aromatic heterocycles. The average molecular weight is 358 g/mol. The van der Waals surface area contributed by atoms with Crippen LogP contribution < -0.4 is 5.32 Å².